The zero-order valence-electron chi connectivity index (χ0n) is 7.89. The van der Waals surface area contributed by atoms with Crippen LogP contribution in [0.3, 0.4) is 0 Å². The quantitative estimate of drug-likeness (QED) is 0.457. The van der Waals surface area contributed by atoms with Gasteiger partial charge < -0.3 is 25.8 Å². The minimum absolute atomic E-state index is 0.324. The lowest BCUT2D eigenvalue weighted by Gasteiger charge is -2.16. The van der Waals surface area contributed by atoms with Crippen LogP contribution in [-0.2, 0) is 4.74 Å². The van der Waals surface area contributed by atoms with E-state index in [2.05, 4.69) is 4.98 Å². The maximum absolute atomic E-state index is 9.66. The number of nitrogens with zero attached hydrogens (tertiary/aromatic N) is 2. The maximum Gasteiger partial charge on any atom is 0.165 e. The van der Waals surface area contributed by atoms with Crippen LogP contribution in [0.2, 0.25) is 0 Å². The molecule has 0 amide bonds. The molecule has 1 fully saturated rings. The summed E-state index contributed by atoms with van der Waals surface area (Å²) in [6, 6.07) is 0. The molecule has 0 aromatic carbocycles. The van der Waals surface area contributed by atoms with Gasteiger partial charge in [-0.15, -0.1) is 0 Å². The van der Waals surface area contributed by atoms with Crippen LogP contribution in [0.4, 0.5) is 5.82 Å². The predicted molar refractivity (Wildman–Crippen MR) is 49.6 cm³/mol. The van der Waals surface area contributed by atoms with E-state index in [1.807, 2.05) is 0 Å². The van der Waals surface area contributed by atoms with Crippen molar-refractivity contribution in [2.75, 3.05) is 12.3 Å². The normalized spacial score (nSPS) is 35.9. The Bertz CT molecular complexity index is 342. The molecule has 0 radical (unpaired) electrons. The summed E-state index contributed by atoms with van der Waals surface area (Å²) in [6.45, 7) is -0.358. The van der Waals surface area contributed by atoms with Gasteiger partial charge in [0, 0.05) is 0 Å². The third kappa shape index (κ3) is 1.59. The summed E-state index contributed by atoms with van der Waals surface area (Å²) in [5, 5.41) is 28.1. The van der Waals surface area contributed by atoms with Gasteiger partial charge in [0.25, 0.3) is 0 Å². The average molecular weight is 215 g/mol. The van der Waals surface area contributed by atoms with E-state index in [9.17, 15) is 10.2 Å². The number of aliphatic hydroxyl groups excluding tert-OH is 3. The minimum Gasteiger partial charge on any atom is -0.394 e. The zero-order valence-corrected chi connectivity index (χ0v) is 7.89. The Morgan fingerprint density at radius 1 is 1.47 bits per heavy atom. The second kappa shape index (κ2) is 3.78. The Morgan fingerprint density at radius 2 is 2.20 bits per heavy atom. The van der Waals surface area contributed by atoms with Crippen LogP contribution in [0.15, 0.2) is 12.5 Å². The molecule has 1 aliphatic rings. The first-order valence-corrected chi connectivity index (χ1v) is 4.55. The van der Waals surface area contributed by atoms with Crippen LogP contribution in [0, 0.1) is 0 Å². The van der Waals surface area contributed by atoms with Crippen LogP contribution >= 0.6 is 0 Å². The van der Waals surface area contributed by atoms with Crippen molar-refractivity contribution in [1.29, 1.82) is 0 Å². The van der Waals surface area contributed by atoms with Gasteiger partial charge in [-0.2, -0.15) is 0 Å². The molecule has 2 rings (SSSR count). The van der Waals surface area contributed by atoms with Gasteiger partial charge in [0.1, 0.15) is 24.1 Å². The van der Waals surface area contributed by atoms with E-state index < -0.39 is 24.5 Å². The van der Waals surface area contributed by atoms with Crippen LogP contribution in [0.5, 0.6) is 0 Å². The summed E-state index contributed by atoms with van der Waals surface area (Å²) in [6.07, 6.45) is -1.04. The van der Waals surface area contributed by atoms with Crippen molar-refractivity contribution in [1.82, 2.24) is 9.55 Å². The summed E-state index contributed by atoms with van der Waals surface area (Å²) >= 11 is 0. The Kier molecular flexibility index (Phi) is 2.61. The first-order valence-electron chi connectivity index (χ1n) is 4.55. The molecule has 7 nitrogen and oxygen atoms in total. The molecule has 2 heterocycles. The number of nitrogen functional groups attached to an aromatic ring is 1. The lowest BCUT2D eigenvalue weighted by atomic mass is 10.1. The number of aliphatic hydroxyl groups is 3. The number of nitrogens with two attached hydrogens (primary N) is 1. The van der Waals surface area contributed by atoms with Crippen LogP contribution < -0.4 is 5.73 Å². The van der Waals surface area contributed by atoms with Crippen molar-refractivity contribution in [3.05, 3.63) is 12.5 Å². The van der Waals surface area contributed by atoms with Gasteiger partial charge >= 0.3 is 0 Å². The Hall–Kier alpha value is -1.15. The summed E-state index contributed by atoms with van der Waals surface area (Å²) < 4.78 is 6.66. The molecule has 0 bridgehead atoms. The van der Waals surface area contributed by atoms with Crippen LogP contribution in [-0.4, -0.2) is 49.8 Å². The van der Waals surface area contributed by atoms with Gasteiger partial charge in [-0.25, -0.2) is 4.98 Å². The average Bonchev–Trinajstić information content (AvgIpc) is 2.74. The largest absolute Gasteiger partial charge is 0.394 e. The molecule has 1 aromatic heterocycles. The van der Waals surface area contributed by atoms with Gasteiger partial charge in [0.05, 0.1) is 19.1 Å². The minimum atomic E-state index is -1.13. The van der Waals surface area contributed by atoms with Crippen molar-refractivity contribution in [2.45, 2.75) is 24.5 Å². The van der Waals surface area contributed by atoms with Gasteiger partial charge in [0.15, 0.2) is 6.23 Å². The third-order valence-corrected chi connectivity index (χ3v) is 2.49. The summed E-state index contributed by atoms with van der Waals surface area (Å²) in [7, 11) is 0. The molecule has 84 valence electrons. The van der Waals surface area contributed by atoms with Crippen molar-refractivity contribution in [3.63, 3.8) is 0 Å². The highest BCUT2D eigenvalue weighted by Crippen LogP contribution is 2.30. The van der Waals surface area contributed by atoms with E-state index in [0.717, 1.165) is 0 Å². The fraction of sp³-hybridized carbons (Fsp3) is 0.625. The van der Waals surface area contributed by atoms with E-state index >= 15 is 0 Å². The monoisotopic (exact) mass is 215 g/mol. The van der Waals surface area contributed by atoms with E-state index in [-0.39, 0.29) is 6.61 Å². The highest BCUT2D eigenvalue weighted by Gasteiger charge is 2.43. The second-order valence-corrected chi connectivity index (χ2v) is 3.45. The summed E-state index contributed by atoms with van der Waals surface area (Å²) in [5.41, 5.74) is 5.58. The van der Waals surface area contributed by atoms with E-state index in [1.54, 1.807) is 0 Å². The van der Waals surface area contributed by atoms with Crippen molar-refractivity contribution in [3.8, 4) is 0 Å². The smallest absolute Gasteiger partial charge is 0.165 e. The van der Waals surface area contributed by atoms with Crippen molar-refractivity contribution >= 4 is 5.82 Å². The van der Waals surface area contributed by atoms with Crippen molar-refractivity contribution in [2.24, 2.45) is 0 Å². The molecule has 1 saturated heterocycles. The number of hydrogen-bond acceptors (Lipinski definition) is 6. The van der Waals surface area contributed by atoms with Gasteiger partial charge in [0.2, 0.25) is 0 Å². The molecular formula is C8H13N3O4. The van der Waals surface area contributed by atoms with Gasteiger partial charge in [-0.1, -0.05) is 0 Å². The second-order valence-electron chi connectivity index (χ2n) is 3.45. The predicted octanol–water partition coefficient (Wildman–Crippen LogP) is -1.92. The van der Waals surface area contributed by atoms with E-state index in [0.29, 0.717) is 5.82 Å². The SMILES string of the molecule is Nc1cncn1[C@@H]1O[C@H](CO)[C@@H](O)[C@H]1O. The molecule has 15 heavy (non-hydrogen) atoms. The molecule has 0 saturated carbocycles. The Balaban J connectivity index is 2.22. The Morgan fingerprint density at radius 3 is 2.67 bits per heavy atom. The standard InChI is InChI=1S/C8H13N3O4/c9-5-1-10-3-11(5)8-7(14)6(13)4(2-12)15-8/h1,3-4,6-8,12-14H,2,9H2/t4-,6-,7-,8-/m1/s1. The fourth-order valence-corrected chi connectivity index (χ4v) is 1.64. The topological polar surface area (TPSA) is 114 Å². The molecule has 7 heteroatoms. The zero-order chi connectivity index (χ0) is 11.0. The molecular weight excluding hydrogens is 202 g/mol. The molecule has 4 atom stereocenters. The van der Waals surface area contributed by atoms with Gasteiger partial charge in [-0.3, -0.25) is 4.57 Å². The first kappa shape index (κ1) is 10.4. The molecule has 0 unspecified atom stereocenters. The number of imidazole rings is 1. The summed E-state index contributed by atoms with van der Waals surface area (Å²) in [5.74, 6) is 0.324. The summed E-state index contributed by atoms with van der Waals surface area (Å²) in [4.78, 5) is 3.78. The molecule has 1 aliphatic heterocycles. The number of anilines is 1. The number of rotatable bonds is 2. The molecule has 5 N–H and O–H groups in total. The first-order chi connectivity index (χ1) is 7.15. The Labute approximate surface area is 85.7 Å². The van der Waals surface area contributed by atoms with Gasteiger partial charge in [-0.05, 0) is 0 Å². The third-order valence-electron chi connectivity index (χ3n) is 2.49. The van der Waals surface area contributed by atoms with Crippen molar-refractivity contribution < 1.29 is 20.1 Å². The lowest BCUT2D eigenvalue weighted by Crippen LogP contribution is -2.33. The van der Waals surface area contributed by atoms with E-state index in [4.69, 9.17) is 15.6 Å². The fourth-order valence-electron chi connectivity index (χ4n) is 1.64. The highest BCUT2D eigenvalue weighted by molar-refractivity contribution is 5.25. The molecule has 1 aromatic rings. The number of ether oxygens (including phenoxy) is 1. The number of aromatic nitrogens is 2. The van der Waals surface area contributed by atoms with Crippen LogP contribution in [0.1, 0.15) is 6.23 Å². The molecule has 0 aliphatic carbocycles. The maximum atomic E-state index is 9.66. The number of hydrogen-bond donors (Lipinski definition) is 4. The lowest BCUT2D eigenvalue weighted by molar-refractivity contribution is -0.0517. The van der Waals surface area contributed by atoms with Crippen LogP contribution in [0.25, 0.3) is 0 Å². The van der Waals surface area contributed by atoms with E-state index in [1.165, 1.54) is 17.1 Å². The molecule has 0 spiro atoms. The highest BCUT2D eigenvalue weighted by atomic mass is 16.6.